The molecule has 5 nitrogen and oxygen atoms in total. The maximum absolute atomic E-state index is 12.5. The fourth-order valence-electron chi connectivity index (χ4n) is 3.50. The van der Waals surface area contributed by atoms with Gasteiger partial charge in [-0.15, -0.1) is 0 Å². The van der Waals surface area contributed by atoms with Crippen LogP contribution in [0.1, 0.15) is 31.2 Å². The Morgan fingerprint density at radius 1 is 1.55 bits per heavy atom. The molecule has 1 amide bonds. The van der Waals surface area contributed by atoms with E-state index in [0.29, 0.717) is 6.54 Å². The number of hydrogen-bond acceptors (Lipinski definition) is 4. The highest BCUT2D eigenvalue weighted by atomic mass is 16.3. The minimum absolute atomic E-state index is 0.140. The van der Waals surface area contributed by atoms with Crippen LogP contribution in [0.3, 0.4) is 0 Å². The minimum atomic E-state index is -0.315. The average molecular weight is 305 g/mol. The van der Waals surface area contributed by atoms with Crippen molar-refractivity contribution in [2.75, 3.05) is 33.3 Å². The molecule has 22 heavy (non-hydrogen) atoms. The van der Waals surface area contributed by atoms with Gasteiger partial charge in [0.15, 0.2) is 0 Å². The first kappa shape index (κ1) is 16.9. The molecule has 0 spiro atoms. The first-order chi connectivity index (χ1) is 10.7. The van der Waals surface area contributed by atoms with Crippen molar-refractivity contribution in [1.29, 1.82) is 0 Å². The first-order valence-corrected chi connectivity index (χ1v) is 8.14. The predicted molar refractivity (Wildman–Crippen MR) is 86.4 cm³/mol. The van der Waals surface area contributed by atoms with Crippen molar-refractivity contribution < 1.29 is 9.90 Å². The molecule has 1 saturated heterocycles. The molecule has 1 atom stereocenters. The summed E-state index contributed by atoms with van der Waals surface area (Å²) in [5, 5.41) is 12.0. The van der Waals surface area contributed by atoms with Crippen LogP contribution in [-0.2, 0) is 11.2 Å². The third kappa shape index (κ3) is 4.27. The molecule has 1 aliphatic rings. The SMILES string of the molecule is CNC(=O)[C@@]1(CCCc2cccnc2)CCCN(CCO)C1. The molecule has 1 aromatic heterocycles. The van der Waals surface area contributed by atoms with Crippen LogP contribution in [0, 0.1) is 5.41 Å². The molecule has 2 N–H and O–H groups in total. The van der Waals surface area contributed by atoms with Gasteiger partial charge < -0.3 is 10.4 Å². The standard InChI is InChI=1S/C17H27N3O2/c1-18-16(22)17(8-4-10-20(14-17)11-12-21)7-2-5-15-6-3-9-19-13-15/h3,6,9,13,21H,2,4-5,7-8,10-12,14H2,1H3,(H,18,22)/t17-/m0/s1. The van der Waals surface area contributed by atoms with E-state index in [1.54, 1.807) is 13.2 Å². The maximum Gasteiger partial charge on any atom is 0.227 e. The molecule has 2 heterocycles. The summed E-state index contributed by atoms with van der Waals surface area (Å²) in [6.45, 7) is 2.53. The van der Waals surface area contributed by atoms with Crippen LogP contribution in [0.15, 0.2) is 24.5 Å². The van der Waals surface area contributed by atoms with Gasteiger partial charge in [0.25, 0.3) is 0 Å². The summed E-state index contributed by atoms with van der Waals surface area (Å²) in [5.74, 6) is 0.140. The predicted octanol–water partition coefficient (Wildman–Crippen LogP) is 1.22. The molecule has 0 unspecified atom stereocenters. The van der Waals surface area contributed by atoms with Gasteiger partial charge in [0, 0.05) is 32.5 Å². The Balaban J connectivity index is 1.98. The summed E-state index contributed by atoms with van der Waals surface area (Å²) in [6.07, 6.45) is 8.43. The Bertz CT molecular complexity index is 464. The van der Waals surface area contributed by atoms with E-state index in [-0.39, 0.29) is 17.9 Å². The van der Waals surface area contributed by atoms with Crippen LogP contribution in [-0.4, -0.2) is 54.2 Å². The molecule has 0 aromatic carbocycles. The van der Waals surface area contributed by atoms with Gasteiger partial charge >= 0.3 is 0 Å². The number of hydrogen-bond donors (Lipinski definition) is 2. The number of nitrogens with zero attached hydrogens (tertiary/aromatic N) is 2. The number of likely N-dealkylation sites (tertiary alicyclic amines) is 1. The average Bonchev–Trinajstić information content (AvgIpc) is 2.56. The van der Waals surface area contributed by atoms with Gasteiger partial charge in [-0.2, -0.15) is 0 Å². The van der Waals surface area contributed by atoms with Crippen LogP contribution < -0.4 is 5.32 Å². The van der Waals surface area contributed by atoms with E-state index < -0.39 is 0 Å². The van der Waals surface area contributed by atoms with Crippen LogP contribution in [0.25, 0.3) is 0 Å². The number of aryl methyl sites for hydroxylation is 1. The van der Waals surface area contributed by atoms with Crippen LogP contribution in [0.2, 0.25) is 0 Å². The smallest absolute Gasteiger partial charge is 0.227 e. The van der Waals surface area contributed by atoms with E-state index in [1.165, 1.54) is 5.56 Å². The number of rotatable bonds is 7. The molecule has 5 heteroatoms. The molecule has 0 bridgehead atoms. The van der Waals surface area contributed by atoms with E-state index in [1.807, 2.05) is 12.3 Å². The lowest BCUT2D eigenvalue weighted by Gasteiger charge is -2.41. The number of aliphatic hydroxyl groups is 1. The van der Waals surface area contributed by atoms with E-state index in [4.69, 9.17) is 5.11 Å². The largest absolute Gasteiger partial charge is 0.395 e. The molecule has 2 rings (SSSR count). The van der Waals surface area contributed by atoms with Crippen molar-refractivity contribution in [2.45, 2.75) is 32.1 Å². The molecule has 1 aliphatic heterocycles. The van der Waals surface area contributed by atoms with Gasteiger partial charge in [0.05, 0.1) is 12.0 Å². The van der Waals surface area contributed by atoms with E-state index >= 15 is 0 Å². The zero-order chi connectivity index (χ0) is 15.8. The lowest BCUT2D eigenvalue weighted by Crippen LogP contribution is -2.51. The molecule has 122 valence electrons. The third-order valence-electron chi connectivity index (χ3n) is 4.62. The van der Waals surface area contributed by atoms with Crippen LogP contribution in [0.5, 0.6) is 0 Å². The highest BCUT2D eigenvalue weighted by Gasteiger charge is 2.40. The first-order valence-electron chi connectivity index (χ1n) is 8.14. The second kappa shape index (κ2) is 8.25. The van der Waals surface area contributed by atoms with Crippen molar-refractivity contribution in [3.63, 3.8) is 0 Å². The van der Waals surface area contributed by atoms with E-state index in [2.05, 4.69) is 21.3 Å². The number of pyridine rings is 1. The Morgan fingerprint density at radius 2 is 2.41 bits per heavy atom. The van der Waals surface area contributed by atoms with Gasteiger partial charge in [-0.1, -0.05) is 6.07 Å². The van der Waals surface area contributed by atoms with Gasteiger partial charge in [0.2, 0.25) is 5.91 Å². The third-order valence-corrected chi connectivity index (χ3v) is 4.62. The Hall–Kier alpha value is -1.46. The van der Waals surface area contributed by atoms with Crippen molar-refractivity contribution in [1.82, 2.24) is 15.2 Å². The van der Waals surface area contributed by atoms with Gasteiger partial charge in [0.1, 0.15) is 0 Å². The van der Waals surface area contributed by atoms with Gasteiger partial charge in [-0.25, -0.2) is 0 Å². The number of carbonyl (C=O) groups excluding carboxylic acids is 1. The normalized spacial score (nSPS) is 22.5. The summed E-state index contributed by atoms with van der Waals surface area (Å²) in [7, 11) is 1.72. The van der Waals surface area contributed by atoms with Crippen molar-refractivity contribution in [2.24, 2.45) is 5.41 Å². The minimum Gasteiger partial charge on any atom is -0.395 e. The topological polar surface area (TPSA) is 65.5 Å². The molecular formula is C17H27N3O2. The molecule has 0 radical (unpaired) electrons. The monoisotopic (exact) mass is 305 g/mol. The number of aliphatic hydroxyl groups excluding tert-OH is 1. The molecule has 0 aliphatic carbocycles. The molecule has 1 fully saturated rings. The fraction of sp³-hybridized carbons (Fsp3) is 0.647. The highest BCUT2D eigenvalue weighted by Crippen LogP contribution is 2.35. The van der Waals surface area contributed by atoms with Crippen molar-refractivity contribution in [3.05, 3.63) is 30.1 Å². The Labute approximate surface area is 132 Å². The second-order valence-corrected chi connectivity index (χ2v) is 6.18. The quantitative estimate of drug-likeness (QED) is 0.795. The number of β-amino-alcohol motifs (C(OH)–C–C–N with tert-alkyl or cyclic N) is 1. The lowest BCUT2D eigenvalue weighted by molar-refractivity contribution is -0.134. The fourth-order valence-corrected chi connectivity index (χ4v) is 3.50. The molecular weight excluding hydrogens is 278 g/mol. The number of piperidine rings is 1. The molecule has 0 saturated carbocycles. The van der Waals surface area contributed by atoms with Crippen LogP contribution >= 0.6 is 0 Å². The zero-order valence-electron chi connectivity index (χ0n) is 13.4. The van der Waals surface area contributed by atoms with E-state index in [0.717, 1.165) is 45.2 Å². The van der Waals surface area contributed by atoms with Crippen molar-refractivity contribution >= 4 is 5.91 Å². The summed E-state index contributed by atoms with van der Waals surface area (Å²) < 4.78 is 0. The summed E-state index contributed by atoms with van der Waals surface area (Å²) in [6, 6.07) is 4.03. The maximum atomic E-state index is 12.5. The number of carbonyl (C=O) groups is 1. The van der Waals surface area contributed by atoms with Gasteiger partial charge in [-0.3, -0.25) is 14.7 Å². The summed E-state index contributed by atoms with van der Waals surface area (Å²) >= 11 is 0. The summed E-state index contributed by atoms with van der Waals surface area (Å²) in [4.78, 5) is 18.8. The molecule has 1 aromatic rings. The number of amides is 1. The van der Waals surface area contributed by atoms with Crippen molar-refractivity contribution in [3.8, 4) is 0 Å². The van der Waals surface area contributed by atoms with Crippen LogP contribution in [0.4, 0.5) is 0 Å². The highest BCUT2D eigenvalue weighted by molar-refractivity contribution is 5.82. The van der Waals surface area contributed by atoms with E-state index in [9.17, 15) is 4.79 Å². The lowest BCUT2D eigenvalue weighted by atomic mass is 9.74. The second-order valence-electron chi connectivity index (χ2n) is 6.18. The number of aromatic nitrogens is 1. The Kier molecular flexibility index (Phi) is 6.34. The zero-order valence-corrected chi connectivity index (χ0v) is 13.4. The number of nitrogens with one attached hydrogen (secondary N) is 1. The van der Waals surface area contributed by atoms with Gasteiger partial charge in [-0.05, 0) is 50.3 Å². The summed E-state index contributed by atoms with van der Waals surface area (Å²) in [5.41, 5.74) is 0.905. The Morgan fingerprint density at radius 3 is 3.09 bits per heavy atom.